The third-order valence-corrected chi connectivity index (χ3v) is 11.2. The van der Waals surface area contributed by atoms with E-state index in [-0.39, 0.29) is 5.75 Å². The first-order valence-corrected chi connectivity index (χ1v) is 19.2. The second kappa shape index (κ2) is 13.3. The van der Waals surface area contributed by atoms with E-state index < -0.39 is 0 Å². The van der Waals surface area contributed by atoms with E-state index >= 15 is 0 Å². The first-order chi connectivity index (χ1) is 28.2. The topological polar surface area (TPSA) is 58.9 Å². The highest BCUT2D eigenvalue weighted by Crippen LogP contribution is 2.44. The van der Waals surface area contributed by atoms with Crippen LogP contribution in [0, 0.1) is 0 Å². The van der Waals surface area contributed by atoms with Gasteiger partial charge in [-0.05, 0) is 94.8 Å². The molecule has 0 aliphatic carbocycles. The van der Waals surface area contributed by atoms with Gasteiger partial charge in [0.15, 0.2) is 17.5 Å². The van der Waals surface area contributed by atoms with Gasteiger partial charge >= 0.3 is 0 Å². The van der Waals surface area contributed by atoms with Crippen LogP contribution in [0.15, 0.2) is 194 Å². The van der Waals surface area contributed by atoms with Crippen molar-refractivity contribution >= 4 is 53.9 Å². The summed E-state index contributed by atoms with van der Waals surface area (Å²) in [6.07, 6.45) is 0. The number of phenolic OH excluding ortho intramolecular Hbond substituents is 1. The molecule has 11 rings (SSSR count). The van der Waals surface area contributed by atoms with Gasteiger partial charge in [-0.15, -0.1) is 0 Å². The molecule has 57 heavy (non-hydrogen) atoms. The minimum absolute atomic E-state index is 0.150. The molecule has 0 atom stereocenters. The van der Waals surface area contributed by atoms with Crippen LogP contribution in [0.2, 0.25) is 0 Å². The van der Waals surface area contributed by atoms with Crippen LogP contribution in [0.1, 0.15) is 0 Å². The number of nitrogens with zero attached hydrogens (tertiary/aromatic N) is 3. The van der Waals surface area contributed by atoms with Crippen LogP contribution in [0.4, 0.5) is 0 Å². The molecule has 0 saturated carbocycles. The third kappa shape index (κ3) is 5.50. The first kappa shape index (κ1) is 32.7. The summed E-state index contributed by atoms with van der Waals surface area (Å²) >= 11 is 0. The molecule has 0 aliphatic rings. The van der Waals surface area contributed by atoms with Crippen molar-refractivity contribution in [2.24, 2.45) is 0 Å². The summed E-state index contributed by atoms with van der Waals surface area (Å²) < 4.78 is 0. The average molecular weight is 728 g/mol. The van der Waals surface area contributed by atoms with E-state index in [0.29, 0.717) is 28.6 Å². The van der Waals surface area contributed by atoms with Crippen LogP contribution in [-0.4, -0.2) is 20.1 Å². The maximum Gasteiger partial charge on any atom is 0.164 e. The van der Waals surface area contributed by atoms with Gasteiger partial charge in [-0.25, -0.2) is 15.0 Å². The quantitative estimate of drug-likeness (QED) is 0.179. The second-order valence-corrected chi connectivity index (χ2v) is 14.5. The normalized spacial score (nSPS) is 11.6. The molecule has 0 radical (unpaired) electrons. The minimum atomic E-state index is 0.150. The Morgan fingerprint density at radius 1 is 0.281 bits per heavy atom. The summed E-state index contributed by atoms with van der Waals surface area (Å²) in [5.74, 6) is 1.74. The van der Waals surface area contributed by atoms with Crippen molar-refractivity contribution in [3.05, 3.63) is 194 Å². The van der Waals surface area contributed by atoms with Crippen LogP contribution < -0.4 is 0 Å². The molecule has 10 aromatic carbocycles. The van der Waals surface area contributed by atoms with Crippen LogP contribution in [0.25, 0.3) is 110 Å². The Hall–Kier alpha value is -7.69. The molecule has 0 bridgehead atoms. The molecule has 0 fully saturated rings. The van der Waals surface area contributed by atoms with E-state index in [0.717, 1.165) is 70.9 Å². The van der Waals surface area contributed by atoms with Crippen LogP contribution in [-0.2, 0) is 0 Å². The van der Waals surface area contributed by atoms with Crippen molar-refractivity contribution in [3.8, 4) is 62.2 Å². The number of benzene rings is 10. The maximum absolute atomic E-state index is 12.1. The zero-order valence-corrected chi connectivity index (χ0v) is 30.8. The molecule has 0 spiro atoms. The van der Waals surface area contributed by atoms with Gasteiger partial charge in [0.1, 0.15) is 5.75 Å². The summed E-state index contributed by atoms with van der Waals surface area (Å²) in [4.78, 5) is 16.2. The highest BCUT2D eigenvalue weighted by atomic mass is 16.3. The van der Waals surface area contributed by atoms with E-state index in [4.69, 9.17) is 15.0 Å². The SMILES string of the molecule is Oc1cc(-c2cccc3ccccc23)cc(-c2nc(-c3cc4ccccc4c4ccccc34)nc(-c3cc4ccccc4c4ccccc34)n2)c1-c1ccccc1. The van der Waals surface area contributed by atoms with E-state index in [2.05, 4.69) is 152 Å². The molecule has 1 heterocycles. The predicted molar refractivity (Wildman–Crippen MR) is 236 cm³/mol. The number of hydrogen-bond donors (Lipinski definition) is 1. The Morgan fingerprint density at radius 3 is 1.30 bits per heavy atom. The molecule has 1 N–H and O–H groups in total. The summed E-state index contributed by atoms with van der Waals surface area (Å²) in [5, 5.41) is 23.3. The average Bonchev–Trinajstić information content (AvgIpc) is 3.28. The van der Waals surface area contributed by atoms with E-state index in [1.54, 1.807) is 0 Å². The molecular formula is C53H33N3O. The zero-order valence-electron chi connectivity index (χ0n) is 30.8. The number of aromatic hydroxyl groups is 1. The van der Waals surface area contributed by atoms with Crippen molar-refractivity contribution in [2.75, 3.05) is 0 Å². The molecular weight excluding hydrogens is 695 g/mol. The molecule has 4 heteroatoms. The summed E-state index contributed by atoms with van der Waals surface area (Å²) in [5.41, 5.74) is 5.95. The fourth-order valence-electron chi connectivity index (χ4n) is 8.56. The lowest BCUT2D eigenvalue weighted by atomic mass is 9.91. The van der Waals surface area contributed by atoms with Gasteiger partial charge in [0.05, 0.1) is 0 Å². The van der Waals surface area contributed by atoms with Gasteiger partial charge in [-0.1, -0.05) is 170 Å². The highest BCUT2D eigenvalue weighted by molar-refractivity contribution is 6.15. The number of hydrogen-bond acceptors (Lipinski definition) is 4. The van der Waals surface area contributed by atoms with E-state index in [9.17, 15) is 5.11 Å². The van der Waals surface area contributed by atoms with Gasteiger partial charge in [0.25, 0.3) is 0 Å². The Labute approximate surface area is 329 Å². The molecule has 0 amide bonds. The van der Waals surface area contributed by atoms with Crippen LogP contribution in [0.3, 0.4) is 0 Å². The van der Waals surface area contributed by atoms with Gasteiger partial charge < -0.3 is 5.11 Å². The largest absolute Gasteiger partial charge is 0.507 e. The summed E-state index contributed by atoms with van der Waals surface area (Å²) in [6, 6.07) is 66.9. The minimum Gasteiger partial charge on any atom is -0.507 e. The molecule has 0 aliphatic heterocycles. The second-order valence-electron chi connectivity index (χ2n) is 14.5. The number of rotatable bonds is 5. The highest BCUT2D eigenvalue weighted by Gasteiger charge is 2.23. The zero-order chi connectivity index (χ0) is 37.9. The van der Waals surface area contributed by atoms with Gasteiger partial charge in [-0.3, -0.25) is 0 Å². The Morgan fingerprint density at radius 2 is 0.719 bits per heavy atom. The lowest BCUT2D eigenvalue weighted by Gasteiger charge is -2.17. The lowest BCUT2D eigenvalue weighted by molar-refractivity contribution is 0.478. The first-order valence-electron chi connectivity index (χ1n) is 19.2. The van der Waals surface area contributed by atoms with Crippen molar-refractivity contribution in [3.63, 3.8) is 0 Å². The fourth-order valence-corrected chi connectivity index (χ4v) is 8.56. The summed E-state index contributed by atoms with van der Waals surface area (Å²) in [6.45, 7) is 0. The van der Waals surface area contributed by atoms with Crippen molar-refractivity contribution < 1.29 is 5.11 Å². The number of fused-ring (bicyclic) bond motifs is 7. The van der Waals surface area contributed by atoms with Gasteiger partial charge in [0, 0.05) is 22.3 Å². The Balaban J connectivity index is 1.26. The molecule has 266 valence electrons. The van der Waals surface area contributed by atoms with Gasteiger partial charge in [-0.2, -0.15) is 0 Å². The van der Waals surface area contributed by atoms with Gasteiger partial charge in [0.2, 0.25) is 0 Å². The van der Waals surface area contributed by atoms with Crippen molar-refractivity contribution in [2.45, 2.75) is 0 Å². The van der Waals surface area contributed by atoms with Crippen LogP contribution in [0.5, 0.6) is 5.75 Å². The molecule has 1 aromatic heterocycles. The van der Waals surface area contributed by atoms with E-state index in [1.807, 2.05) is 42.5 Å². The fraction of sp³-hybridized carbons (Fsp3) is 0. The van der Waals surface area contributed by atoms with Crippen molar-refractivity contribution in [1.29, 1.82) is 0 Å². The third-order valence-electron chi connectivity index (χ3n) is 11.2. The van der Waals surface area contributed by atoms with E-state index in [1.165, 1.54) is 10.8 Å². The molecule has 4 nitrogen and oxygen atoms in total. The Kier molecular flexibility index (Phi) is 7.61. The predicted octanol–water partition coefficient (Wildman–Crippen LogP) is 13.7. The summed E-state index contributed by atoms with van der Waals surface area (Å²) in [7, 11) is 0. The maximum atomic E-state index is 12.1. The Bertz CT molecular complexity index is 3230. The number of aromatic nitrogens is 3. The van der Waals surface area contributed by atoms with Crippen molar-refractivity contribution in [1.82, 2.24) is 15.0 Å². The number of phenols is 1. The molecule has 0 saturated heterocycles. The molecule has 0 unspecified atom stereocenters. The van der Waals surface area contributed by atoms with Crippen LogP contribution >= 0.6 is 0 Å². The smallest absolute Gasteiger partial charge is 0.164 e. The lowest BCUT2D eigenvalue weighted by Crippen LogP contribution is -2.02. The molecule has 11 aromatic rings. The monoisotopic (exact) mass is 727 g/mol. The standard InChI is InChI=1S/C53H33N3O/c57-49-32-37(41-28-14-20-33-15-4-7-21-38(33)41)31-48(50(49)34-16-2-1-3-17-34)53-55-51(46-29-35-18-5-8-22-39(35)42-24-10-12-26-44(42)46)54-52(56-53)47-30-36-19-6-9-23-40(36)43-25-11-13-27-45(43)47/h1-32,57H.